The van der Waals surface area contributed by atoms with Gasteiger partial charge in [-0.05, 0) is 0 Å². The molecule has 1 rings (SSSR count). The first-order valence-electron chi connectivity index (χ1n) is 4.88. The summed E-state index contributed by atoms with van der Waals surface area (Å²) in [5, 5.41) is 0. The van der Waals surface area contributed by atoms with Crippen molar-refractivity contribution in [3.63, 3.8) is 0 Å². The molecule has 0 amide bonds. The van der Waals surface area contributed by atoms with Crippen LogP contribution in [0.3, 0.4) is 0 Å². The van der Waals surface area contributed by atoms with Gasteiger partial charge in [-0.3, -0.25) is 0 Å². The molecule has 4 heteroatoms. The van der Waals surface area contributed by atoms with E-state index in [1.807, 2.05) is 18.2 Å². The molecule has 2 nitrogen and oxygen atoms in total. The summed E-state index contributed by atoms with van der Waals surface area (Å²) in [4.78, 5) is 10.9. The monoisotopic (exact) mass is 329 g/mol. The predicted octanol–water partition coefficient (Wildman–Crippen LogP) is 1.27. The van der Waals surface area contributed by atoms with Crippen molar-refractivity contribution < 1.29 is 4.79 Å². The molecule has 0 bridgehead atoms. The second-order valence-corrected chi connectivity index (χ2v) is 9.59. The van der Waals surface area contributed by atoms with Crippen LogP contribution in [0.4, 0.5) is 0 Å². The van der Waals surface area contributed by atoms with Crippen molar-refractivity contribution >= 4 is 40.1 Å². The summed E-state index contributed by atoms with van der Waals surface area (Å²) in [5.41, 5.74) is 8.03. The van der Waals surface area contributed by atoms with Crippen molar-refractivity contribution in [3.05, 3.63) is 35.4 Å². The maximum absolute atomic E-state index is 10.9. The molecule has 0 aromatic heterocycles. The number of hydrogen-bond donors (Lipinski definition) is 2. The van der Waals surface area contributed by atoms with Gasteiger partial charge in [0.05, 0.1) is 0 Å². The summed E-state index contributed by atoms with van der Waals surface area (Å²) < 4.78 is 1.15. The molecule has 0 saturated heterocycles. The van der Waals surface area contributed by atoms with Crippen LogP contribution in [0.15, 0.2) is 24.3 Å². The van der Waals surface area contributed by atoms with Crippen molar-refractivity contribution in [2.45, 2.75) is 16.9 Å². The second-order valence-electron chi connectivity index (χ2n) is 3.28. The molecule has 0 spiro atoms. The Hall–Kier alpha value is -0.00130. The van der Waals surface area contributed by atoms with Crippen LogP contribution in [-0.4, -0.2) is 31.2 Å². The van der Waals surface area contributed by atoms with Crippen LogP contribution in [0.5, 0.6) is 0 Å². The van der Waals surface area contributed by atoms with Crippen molar-refractivity contribution in [3.8, 4) is 0 Å². The Morgan fingerprint density at radius 3 is 2.60 bits per heavy atom. The van der Waals surface area contributed by atoms with E-state index >= 15 is 0 Å². The number of carbonyl (C=O) groups is 1. The first-order chi connectivity index (χ1) is 7.31. The zero-order valence-electron chi connectivity index (χ0n) is 8.52. The molecule has 15 heavy (non-hydrogen) atoms. The molecule has 0 heterocycles. The van der Waals surface area contributed by atoms with Gasteiger partial charge >= 0.3 is 107 Å². The molecular formula is C11H15NOSSn. The molecule has 80 valence electrons. The molecule has 1 atom stereocenters. The third kappa shape index (κ3) is 4.16. The predicted molar refractivity (Wildman–Crippen MR) is 67.5 cm³/mol. The molecular weight excluding hydrogens is 313 g/mol. The molecule has 0 aliphatic rings. The molecule has 1 aromatic rings. The molecule has 2 radical (unpaired) electrons. The van der Waals surface area contributed by atoms with E-state index in [-0.39, 0.29) is 3.93 Å². The first-order valence-corrected chi connectivity index (χ1v) is 9.18. The van der Waals surface area contributed by atoms with Gasteiger partial charge in [-0.2, -0.15) is 0 Å². The Morgan fingerprint density at radius 2 is 2.07 bits per heavy atom. The topological polar surface area (TPSA) is 43.1 Å². The zero-order valence-corrected chi connectivity index (χ0v) is 12.3. The van der Waals surface area contributed by atoms with Crippen LogP contribution >= 0.6 is 12.6 Å². The fourth-order valence-electron chi connectivity index (χ4n) is 1.48. The Labute approximate surface area is 106 Å². The van der Waals surface area contributed by atoms with Gasteiger partial charge in [0.25, 0.3) is 0 Å². The van der Waals surface area contributed by atoms with E-state index in [9.17, 15) is 4.79 Å². The van der Waals surface area contributed by atoms with Crippen molar-refractivity contribution in [1.29, 1.82) is 0 Å². The van der Waals surface area contributed by atoms with E-state index in [1.54, 1.807) is 0 Å². The van der Waals surface area contributed by atoms with E-state index in [0.29, 0.717) is 6.54 Å². The van der Waals surface area contributed by atoms with Gasteiger partial charge in [0.1, 0.15) is 0 Å². The molecule has 0 aliphatic heterocycles. The number of nitrogens with two attached hydrogens (primary N) is 1. The number of carbonyl (C=O) groups excluding carboxylic acids is 1. The quantitative estimate of drug-likeness (QED) is 0.469. The minimum absolute atomic E-state index is 0.235. The number of rotatable bonds is 6. The average Bonchev–Trinajstić information content (AvgIpc) is 2.29. The van der Waals surface area contributed by atoms with Crippen molar-refractivity contribution in [2.24, 2.45) is 5.73 Å². The van der Waals surface area contributed by atoms with Gasteiger partial charge in [0.2, 0.25) is 0 Å². The summed E-state index contributed by atoms with van der Waals surface area (Å²) in [5.74, 6) is 0. The summed E-state index contributed by atoms with van der Waals surface area (Å²) in [7, 11) is 0. The third-order valence-electron chi connectivity index (χ3n) is 2.30. The van der Waals surface area contributed by atoms with Crippen molar-refractivity contribution in [2.75, 3.05) is 3.77 Å². The minimum atomic E-state index is -0.646. The zero-order chi connectivity index (χ0) is 11.1. The first kappa shape index (κ1) is 13.1. The van der Waals surface area contributed by atoms with Gasteiger partial charge in [-0.1, -0.05) is 0 Å². The second kappa shape index (κ2) is 7.30. The van der Waals surface area contributed by atoms with Gasteiger partial charge in [0, 0.05) is 0 Å². The third-order valence-corrected chi connectivity index (χ3v) is 6.51. The van der Waals surface area contributed by atoms with Gasteiger partial charge < -0.3 is 0 Å². The molecule has 0 fully saturated rings. The molecule has 0 saturated carbocycles. The molecule has 1 aromatic carbocycles. The van der Waals surface area contributed by atoms with Crippen LogP contribution in [0.2, 0.25) is 3.93 Å². The Bertz CT molecular complexity index is 319. The fraction of sp³-hybridized carbons (Fsp3) is 0.364. The Morgan fingerprint density at radius 1 is 1.40 bits per heavy atom. The molecule has 1 unspecified atom stereocenters. The van der Waals surface area contributed by atoms with Crippen LogP contribution in [-0.2, 0) is 17.8 Å². The van der Waals surface area contributed by atoms with E-state index in [4.69, 9.17) is 5.73 Å². The SMILES string of the molecule is NCc1ccccc1C[CH](C=O)[Sn][CH2]S. The average molecular weight is 328 g/mol. The summed E-state index contributed by atoms with van der Waals surface area (Å²) >= 11 is 3.58. The van der Waals surface area contributed by atoms with Crippen LogP contribution in [0.25, 0.3) is 0 Å². The Balaban J connectivity index is 2.73. The number of thiol groups is 1. The van der Waals surface area contributed by atoms with Crippen LogP contribution < -0.4 is 5.73 Å². The summed E-state index contributed by atoms with van der Waals surface area (Å²) in [6.45, 7) is 0.549. The standard InChI is InChI=1S/C10H12NO.CH3S.Sn/c11-8-10-5-2-1-4-9(10)6-3-7-12;1-2;/h1-5,7H,6,8,11H2;2H,1H2;. The number of hydrogen-bond acceptors (Lipinski definition) is 3. The number of benzene rings is 1. The van der Waals surface area contributed by atoms with Gasteiger partial charge in [-0.25, -0.2) is 0 Å². The van der Waals surface area contributed by atoms with Crippen LogP contribution in [0.1, 0.15) is 11.1 Å². The Kier molecular flexibility index (Phi) is 6.36. The molecule has 0 aliphatic carbocycles. The van der Waals surface area contributed by atoms with E-state index in [0.717, 1.165) is 22.0 Å². The summed E-state index contributed by atoms with van der Waals surface area (Å²) in [6, 6.07) is 8.09. The van der Waals surface area contributed by atoms with E-state index in [1.165, 1.54) is 5.56 Å². The fourth-order valence-corrected chi connectivity index (χ4v) is 5.04. The number of aldehydes is 1. The van der Waals surface area contributed by atoms with Gasteiger partial charge in [0.15, 0.2) is 0 Å². The van der Waals surface area contributed by atoms with E-state index < -0.39 is 21.1 Å². The summed E-state index contributed by atoms with van der Waals surface area (Å²) in [6.07, 6.45) is 1.94. The normalized spacial score (nSPS) is 12.4. The van der Waals surface area contributed by atoms with E-state index in [2.05, 4.69) is 18.7 Å². The molecule has 2 N–H and O–H groups in total. The van der Waals surface area contributed by atoms with Gasteiger partial charge in [-0.15, -0.1) is 0 Å². The van der Waals surface area contributed by atoms with Crippen LogP contribution in [0, 0.1) is 0 Å². The maximum atomic E-state index is 10.9. The van der Waals surface area contributed by atoms with Crippen molar-refractivity contribution in [1.82, 2.24) is 0 Å².